The van der Waals surface area contributed by atoms with Crippen molar-refractivity contribution in [3.05, 3.63) is 58.4 Å². The smallest absolute Gasteiger partial charge is 0.278 e. The quantitative estimate of drug-likeness (QED) is 0.599. The summed E-state index contributed by atoms with van der Waals surface area (Å²) in [5.74, 6) is 0.365. The van der Waals surface area contributed by atoms with Crippen molar-refractivity contribution in [1.82, 2.24) is 10.3 Å². The van der Waals surface area contributed by atoms with Gasteiger partial charge in [0.05, 0.1) is 12.5 Å². The van der Waals surface area contributed by atoms with Gasteiger partial charge in [-0.25, -0.2) is 0 Å². The third-order valence-electron chi connectivity index (χ3n) is 4.45. The first-order chi connectivity index (χ1) is 12.1. The molecule has 1 amide bonds. The number of fused-ring (bicyclic) bond motifs is 1. The fourth-order valence-electron chi connectivity index (χ4n) is 3.13. The number of amides is 1. The Hall–Kier alpha value is -2.11. The fraction of sp³-hybridized carbons (Fsp3) is 0.350. The summed E-state index contributed by atoms with van der Waals surface area (Å²) in [4.78, 5) is 16.9. The highest BCUT2D eigenvalue weighted by molar-refractivity contribution is 7.10. The maximum Gasteiger partial charge on any atom is 0.278 e. The van der Waals surface area contributed by atoms with Crippen LogP contribution in [-0.2, 0) is 4.79 Å². The van der Waals surface area contributed by atoms with Crippen LogP contribution < -0.4 is 10.6 Å². The molecule has 0 radical (unpaired) electrons. The van der Waals surface area contributed by atoms with Crippen molar-refractivity contribution in [2.24, 2.45) is 0 Å². The molecule has 3 rings (SSSR count). The molecule has 132 valence electrons. The molecule has 5 heteroatoms. The molecule has 0 fully saturated rings. The number of carbonyl (C=O) groups is 1. The topological polar surface area (TPSA) is 61.5 Å². The summed E-state index contributed by atoms with van der Waals surface area (Å²) in [5.41, 5.74) is 2.45. The second kappa shape index (κ2) is 7.85. The highest BCUT2D eigenvalue weighted by Crippen LogP contribution is 2.32. The van der Waals surface area contributed by atoms with E-state index in [9.17, 15) is 4.79 Å². The Kier molecular flexibility index (Phi) is 5.56. The van der Waals surface area contributed by atoms with Gasteiger partial charge in [-0.05, 0) is 43.8 Å². The van der Waals surface area contributed by atoms with Crippen molar-refractivity contribution in [2.45, 2.75) is 38.8 Å². The van der Waals surface area contributed by atoms with Gasteiger partial charge < -0.3 is 15.6 Å². The lowest BCUT2D eigenvalue weighted by Crippen LogP contribution is -2.92. The first-order valence-corrected chi connectivity index (χ1v) is 9.67. The zero-order valence-corrected chi connectivity index (χ0v) is 15.8. The van der Waals surface area contributed by atoms with Crippen molar-refractivity contribution >= 4 is 28.1 Å². The average Bonchev–Trinajstić information content (AvgIpc) is 3.25. The van der Waals surface area contributed by atoms with Crippen molar-refractivity contribution < 1.29 is 10.1 Å². The molecule has 0 saturated heterocycles. The molecule has 4 N–H and O–H groups in total. The van der Waals surface area contributed by atoms with Gasteiger partial charge in [-0.3, -0.25) is 4.79 Å². The molecule has 4 nitrogen and oxygen atoms in total. The van der Waals surface area contributed by atoms with Crippen molar-refractivity contribution in [1.29, 1.82) is 0 Å². The van der Waals surface area contributed by atoms with E-state index >= 15 is 0 Å². The van der Waals surface area contributed by atoms with E-state index in [0.29, 0.717) is 0 Å². The lowest BCUT2D eigenvalue weighted by Gasteiger charge is -2.18. The number of hydrogen-bond donors (Lipinski definition) is 3. The normalized spacial score (nSPS) is 13.9. The molecule has 0 aliphatic carbocycles. The van der Waals surface area contributed by atoms with E-state index in [1.54, 1.807) is 11.3 Å². The van der Waals surface area contributed by atoms with Crippen LogP contribution in [0.1, 0.15) is 37.1 Å². The number of aromatic amines is 1. The van der Waals surface area contributed by atoms with E-state index in [-0.39, 0.29) is 23.9 Å². The van der Waals surface area contributed by atoms with Gasteiger partial charge >= 0.3 is 0 Å². The van der Waals surface area contributed by atoms with Gasteiger partial charge in [0.2, 0.25) is 0 Å². The molecule has 1 aromatic carbocycles. The van der Waals surface area contributed by atoms with Crippen LogP contribution in [0.5, 0.6) is 0 Å². The molecule has 0 aliphatic rings. The summed E-state index contributed by atoms with van der Waals surface area (Å²) in [5, 5.41) is 8.51. The summed E-state index contributed by atoms with van der Waals surface area (Å²) in [7, 11) is 0. The van der Waals surface area contributed by atoms with Crippen molar-refractivity contribution in [3.63, 3.8) is 0 Å². The number of benzene rings is 1. The summed E-state index contributed by atoms with van der Waals surface area (Å²) in [6.45, 7) is 6.80. The van der Waals surface area contributed by atoms with Gasteiger partial charge in [0.25, 0.3) is 5.91 Å². The molecule has 2 atom stereocenters. The maximum atomic E-state index is 12.2. The van der Waals surface area contributed by atoms with E-state index in [1.165, 1.54) is 15.8 Å². The monoisotopic (exact) mass is 356 g/mol. The molecule has 2 aromatic heterocycles. The molecule has 0 bridgehead atoms. The SMILES string of the molecule is CC(C)NC(=O)[C@@H](C)[NH2+]C[C@@H](c1cccs1)c1c[nH]c2ccccc12. The number of carbonyl (C=O) groups excluding carboxylic acids is 1. The number of nitrogens with one attached hydrogen (secondary N) is 2. The van der Waals surface area contributed by atoms with Crippen LogP contribution in [0.4, 0.5) is 0 Å². The average molecular weight is 357 g/mol. The predicted octanol–water partition coefficient (Wildman–Crippen LogP) is 2.84. The van der Waals surface area contributed by atoms with Crippen LogP contribution in [-0.4, -0.2) is 29.5 Å². The van der Waals surface area contributed by atoms with Gasteiger partial charge in [-0.15, -0.1) is 11.3 Å². The first kappa shape index (κ1) is 17.7. The zero-order valence-electron chi connectivity index (χ0n) is 15.0. The van der Waals surface area contributed by atoms with E-state index in [0.717, 1.165) is 12.1 Å². The number of rotatable bonds is 7. The van der Waals surface area contributed by atoms with Crippen LogP contribution in [0.2, 0.25) is 0 Å². The molecular formula is C20H26N3OS+. The second-order valence-corrected chi connectivity index (χ2v) is 7.76. The first-order valence-electron chi connectivity index (χ1n) is 8.79. The number of nitrogens with two attached hydrogens (primary N) is 1. The largest absolute Gasteiger partial charge is 0.361 e. The highest BCUT2D eigenvalue weighted by Gasteiger charge is 2.24. The second-order valence-electron chi connectivity index (χ2n) is 6.78. The lowest BCUT2D eigenvalue weighted by atomic mass is 9.96. The van der Waals surface area contributed by atoms with Gasteiger partial charge in [0.1, 0.15) is 0 Å². The Bertz CT molecular complexity index is 822. The lowest BCUT2D eigenvalue weighted by molar-refractivity contribution is -0.674. The molecule has 0 unspecified atom stereocenters. The predicted molar refractivity (Wildman–Crippen MR) is 104 cm³/mol. The van der Waals surface area contributed by atoms with Crippen LogP contribution >= 0.6 is 11.3 Å². The van der Waals surface area contributed by atoms with Gasteiger partial charge in [0, 0.05) is 28.0 Å². The minimum Gasteiger partial charge on any atom is -0.361 e. The number of para-hydroxylation sites is 1. The molecule has 3 aromatic rings. The maximum absolute atomic E-state index is 12.2. The molecule has 0 spiro atoms. The third kappa shape index (κ3) is 4.11. The molecule has 25 heavy (non-hydrogen) atoms. The fourth-order valence-corrected chi connectivity index (χ4v) is 3.99. The summed E-state index contributed by atoms with van der Waals surface area (Å²) < 4.78 is 0. The number of aromatic nitrogens is 1. The number of thiophene rings is 1. The van der Waals surface area contributed by atoms with Crippen molar-refractivity contribution in [2.75, 3.05) is 6.54 Å². The minimum atomic E-state index is -0.102. The Morgan fingerprint density at radius 2 is 2.00 bits per heavy atom. The molecule has 2 heterocycles. The van der Waals surface area contributed by atoms with Gasteiger partial charge in [0.15, 0.2) is 6.04 Å². The zero-order chi connectivity index (χ0) is 17.8. The van der Waals surface area contributed by atoms with Crippen LogP contribution in [0, 0.1) is 0 Å². The van der Waals surface area contributed by atoms with Crippen molar-refractivity contribution in [3.8, 4) is 0 Å². The number of hydrogen-bond acceptors (Lipinski definition) is 2. The van der Waals surface area contributed by atoms with Crippen LogP contribution in [0.15, 0.2) is 48.0 Å². The summed E-state index contributed by atoms with van der Waals surface area (Å²) in [6.07, 6.45) is 2.11. The van der Waals surface area contributed by atoms with Gasteiger partial charge in [-0.2, -0.15) is 0 Å². The minimum absolute atomic E-state index is 0.0962. The van der Waals surface area contributed by atoms with E-state index < -0.39 is 0 Å². The van der Waals surface area contributed by atoms with E-state index in [4.69, 9.17) is 0 Å². The number of quaternary nitrogens is 1. The Labute approximate surface area is 152 Å². The van der Waals surface area contributed by atoms with Gasteiger partial charge in [-0.1, -0.05) is 24.3 Å². The summed E-state index contributed by atoms with van der Waals surface area (Å²) in [6, 6.07) is 12.7. The third-order valence-corrected chi connectivity index (χ3v) is 5.44. The van der Waals surface area contributed by atoms with E-state index in [1.807, 2.05) is 26.8 Å². The molecule has 0 saturated carbocycles. The van der Waals surface area contributed by atoms with Crippen LogP contribution in [0.25, 0.3) is 10.9 Å². The Morgan fingerprint density at radius 1 is 1.20 bits per heavy atom. The summed E-state index contributed by atoms with van der Waals surface area (Å²) >= 11 is 1.77. The molecular weight excluding hydrogens is 330 g/mol. The molecule has 0 aliphatic heterocycles. The standard InChI is InChI=1S/C20H25N3OS/c1-13(2)23-20(24)14(3)21-12-17(19-9-6-10-25-19)16-11-22-18-8-5-4-7-15(16)18/h4-11,13-14,17,21-22H,12H2,1-3H3,(H,23,24)/p+1/t14-,17-/m1/s1. The highest BCUT2D eigenvalue weighted by atomic mass is 32.1. The Morgan fingerprint density at radius 3 is 2.72 bits per heavy atom. The Balaban J connectivity index is 1.81. The number of H-pyrrole nitrogens is 1. The van der Waals surface area contributed by atoms with Crippen LogP contribution in [0.3, 0.4) is 0 Å². The van der Waals surface area contributed by atoms with E-state index in [2.05, 4.69) is 57.5 Å².